The molecular formula is C22H20F2N6OS. The Labute approximate surface area is 187 Å². The molecule has 10 heteroatoms. The number of thioether (sulfide) groups is 1. The van der Waals surface area contributed by atoms with Crippen LogP contribution in [0.5, 0.6) is 5.75 Å². The molecule has 7 nitrogen and oxygen atoms in total. The van der Waals surface area contributed by atoms with Gasteiger partial charge in [0.2, 0.25) is 5.16 Å². The Kier molecular flexibility index (Phi) is 5.52. The summed E-state index contributed by atoms with van der Waals surface area (Å²) in [5.41, 5.74) is 4.24. The van der Waals surface area contributed by atoms with Crippen LogP contribution >= 0.6 is 11.8 Å². The molecule has 2 aromatic heterocycles. The fourth-order valence-corrected chi connectivity index (χ4v) is 4.58. The smallest absolute Gasteiger partial charge is 0.210 e. The fourth-order valence-electron chi connectivity index (χ4n) is 3.74. The first-order chi connectivity index (χ1) is 15.6. The Morgan fingerprint density at radius 2 is 1.69 bits per heavy atom. The fraction of sp³-hybridized carbons (Fsp3) is 0.227. The van der Waals surface area contributed by atoms with E-state index in [1.165, 1.54) is 52.0 Å². The first-order valence-corrected chi connectivity index (χ1v) is 11.1. The van der Waals surface area contributed by atoms with Crippen molar-refractivity contribution in [2.75, 3.05) is 5.84 Å². The minimum atomic E-state index is -0.327. The van der Waals surface area contributed by atoms with Gasteiger partial charge in [0.25, 0.3) is 0 Å². The van der Waals surface area contributed by atoms with E-state index in [-0.39, 0.29) is 18.2 Å². The number of aromatic nitrogens is 5. The van der Waals surface area contributed by atoms with Gasteiger partial charge in [-0.05, 0) is 73.4 Å². The van der Waals surface area contributed by atoms with Gasteiger partial charge in [0, 0.05) is 11.4 Å². The van der Waals surface area contributed by atoms with E-state index in [4.69, 9.17) is 15.7 Å². The van der Waals surface area contributed by atoms with Gasteiger partial charge in [-0.3, -0.25) is 0 Å². The van der Waals surface area contributed by atoms with Gasteiger partial charge in [-0.2, -0.15) is 5.10 Å². The quantitative estimate of drug-likeness (QED) is 0.338. The second kappa shape index (κ2) is 8.62. The predicted octanol–water partition coefficient (Wildman–Crippen LogP) is 3.82. The molecule has 0 unspecified atom stereocenters. The molecule has 2 aromatic carbocycles. The summed E-state index contributed by atoms with van der Waals surface area (Å²) >= 11 is 1.44. The Hall–Kier alpha value is -3.40. The monoisotopic (exact) mass is 454 g/mol. The lowest BCUT2D eigenvalue weighted by atomic mass is 10.2. The van der Waals surface area contributed by atoms with E-state index in [0.717, 1.165) is 30.6 Å². The molecule has 0 saturated heterocycles. The van der Waals surface area contributed by atoms with Crippen molar-refractivity contribution in [3.63, 3.8) is 0 Å². The van der Waals surface area contributed by atoms with Crippen LogP contribution in [0.2, 0.25) is 0 Å². The molecule has 5 rings (SSSR count). The van der Waals surface area contributed by atoms with E-state index in [0.29, 0.717) is 22.5 Å². The van der Waals surface area contributed by atoms with Gasteiger partial charge in [0.15, 0.2) is 5.82 Å². The average Bonchev–Trinajstić information content (AvgIpc) is 3.49. The number of hydrogen-bond donors (Lipinski definition) is 1. The third kappa shape index (κ3) is 4.05. The lowest BCUT2D eigenvalue weighted by Crippen LogP contribution is -2.15. The molecule has 4 aromatic rings. The van der Waals surface area contributed by atoms with Crippen molar-refractivity contribution < 1.29 is 13.5 Å². The second-order valence-electron chi connectivity index (χ2n) is 7.41. The average molecular weight is 455 g/mol. The maximum Gasteiger partial charge on any atom is 0.210 e. The number of nitrogens with two attached hydrogens (primary N) is 1. The van der Waals surface area contributed by atoms with Crippen LogP contribution in [0.15, 0.2) is 53.7 Å². The summed E-state index contributed by atoms with van der Waals surface area (Å²) in [5, 5.41) is 13.6. The van der Waals surface area contributed by atoms with Crippen molar-refractivity contribution in [2.45, 2.75) is 36.8 Å². The number of halogens is 2. The molecule has 0 saturated carbocycles. The summed E-state index contributed by atoms with van der Waals surface area (Å²) in [4.78, 5) is 0. The van der Waals surface area contributed by atoms with Crippen LogP contribution in [0, 0.1) is 11.6 Å². The highest BCUT2D eigenvalue weighted by molar-refractivity contribution is 7.98. The second-order valence-corrected chi connectivity index (χ2v) is 8.36. The zero-order valence-electron chi connectivity index (χ0n) is 17.0. The lowest BCUT2D eigenvalue weighted by Gasteiger charge is -2.06. The van der Waals surface area contributed by atoms with E-state index in [2.05, 4.69) is 10.2 Å². The third-order valence-corrected chi connectivity index (χ3v) is 6.29. The lowest BCUT2D eigenvalue weighted by molar-refractivity contribution is 0.291. The summed E-state index contributed by atoms with van der Waals surface area (Å²) in [5.74, 6) is 7.12. The predicted molar refractivity (Wildman–Crippen MR) is 116 cm³/mol. The molecule has 0 aliphatic heterocycles. The van der Waals surface area contributed by atoms with Crippen molar-refractivity contribution >= 4 is 11.8 Å². The molecule has 0 radical (unpaired) electrons. The SMILES string of the molecule is Nn1c(COc2ccc(F)cc2)nnc1SCc1nn(-c2ccc(F)cc2)c2c1CCC2. The molecule has 1 aliphatic carbocycles. The molecule has 0 spiro atoms. The van der Waals surface area contributed by atoms with Crippen LogP contribution in [0.3, 0.4) is 0 Å². The van der Waals surface area contributed by atoms with E-state index in [9.17, 15) is 8.78 Å². The zero-order valence-corrected chi connectivity index (χ0v) is 17.9. The Bertz CT molecular complexity index is 1240. The number of nitrogens with zero attached hydrogens (tertiary/aromatic N) is 5. The van der Waals surface area contributed by atoms with Gasteiger partial charge >= 0.3 is 0 Å². The van der Waals surface area contributed by atoms with Crippen molar-refractivity contribution in [1.29, 1.82) is 0 Å². The van der Waals surface area contributed by atoms with Crippen LogP contribution in [-0.4, -0.2) is 24.7 Å². The number of rotatable bonds is 7. The topological polar surface area (TPSA) is 83.8 Å². The van der Waals surface area contributed by atoms with Gasteiger partial charge in [-0.25, -0.2) is 18.1 Å². The van der Waals surface area contributed by atoms with E-state index >= 15 is 0 Å². The van der Waals surface area contributed by atoms with Gasteiger partial charge < -0.3 is 10.6 Å². The van der Waals surface area contributed by atoms with Gasteiger partial charge in [-0.15, -0.1) is 10.2 Å². The van der Waals surface area contributed by atoms with Crippen LogP contribution in [0.4, 0.5) is 8.78 Å². The molecule has 1 aliphatic rings. The van der Waals surface area contributed by atoms with Crippen LogP contribution in [0.25, 0.3) is 5.69 Å². The van der Waals surface area contributed by atoms with Crippen molar-refractivity contribution in [2.24, 2.45) is 0 Å². The summed E-state index contributed by atoms with van der Waals surface area (Å²) in [6.07, 6.45) is 2.99. The minimum Gasteiger partial charge on any atom is -0.486 e. The third-order valence-electron chi connectivity index (χ3n) is 5.34. The largest absolute Gasteiger partial charge is 0.486 e. The number of nitrogen functional groups attached to an aromatic ring is 1. The molecule has 2 heterocycles. The number of hydrogen-bond acceptors (Lipinski definition) is 6. The molecule has 164 valence electrons. The molecule has 2 N–H and O–H groups in total. The normalized spacial score (nSPS) is 12.8. The van der Waals surface area contributed by atoms with E-state index in [1.54, 1.807) is 24.3 Å². The number of ether oxygens (including phenoxy) is 1. The maximum atomic E-state index is 13.3. The highest BCUT2D eigenvalue weighted by Crippen LogP contribution is 2.31. The van der Waals surface area contributed by atoms with Crippen molar-refractivity contribution in [1.82, 2.24) is 24.7 Å². The summed E-state index contributed by atoms with van der Waals surface area (Å²) in [6, 6.07) is 12.1. The Balaban J connectivity index is 1.28. The maximum absolute atomic E-state index is 13.3. The van der Waals surface area contributed by atoms with Gasteiger partial charge in [-0.1, -0.05) is 11.8 Å². The van der Waals surface area contributed by atoms with E-state index < -0.39 is 0 Å². The van der Waals surface area contributed by atoms with Gasteiger partial charge in [0.1, 0.15) is 24.0 Å². The highest BCUT2D eigenvalue weighted by Gasteiger charge is 2.24. The standard InChI is InChI=1S/C22H20F2N6OS/c23-14-4-8-16(9-5-14)30-20-3-1-2-18(20)19(28-30)13-32-22-27-26-21(29(22)25)12-31-17-10-6-15(24)7-11-17/h4-11H,1-3,12-13,25H2. The first-order valence-electron chi connectivity index (χ1n) is 10.1. The van der Waals surface area contributed by atoms with Crippen LogP contribution in [-0.2, 0) is 25.2 Å². The summed E-state index contributed by atoms with van der Waals surface area (Å²) in [6.45, 7) is 0.115. The van der Waals surface area contributed by atoms with Crippen LogP contribution < -0.4 is 10.6 Å². The molecule has 32 heavy (non-hydrogen) atoms. The zero-order chi connectivity index (χ0) is 22.1. The number of benzene rings is 2. The molecule has 0 amide bonds. The van der Waals surface area contributed by atoms with Crippen LogP contribution in [0.1, 0.15) is 29.2 Å². The summed E-state index contributed by atoms with van der Waals surface area (Å²) in [7, 11) is 0. The Morgan fingerprint density at radius 1 is 0.969 bits per heavy atom. The van der Waals surface area contributed by atoms with Crippen molar-refractivity contribution in [3.05, 3.63) is 82.9 Å². The summed E-state index contributed by atoms with van der Waals surface area (Å²) < 4.78 is 35.2. The van der Waals surface area contributed by atoms with Gasteiger partial charge in [0.05, 0.1) is 11.4 Å². The molecule has 0 bridgehead atoms. The molecule has 0 fully saturated rings. The van der Waals surface area contributed by atoms with E-state index in [1.807, 2.05) is 4.68 Å². The Morgan fingerprint density at radius 3 is 2.44 bits per heavy atom. The van der Waals surface area contributed by atoms with Crippen molar-refractivity contribution in [3.8, 4) is 11.4 Å². The minimum absolute atomic E-state index is 0.115. The highest BCUT2D eigenvalue weighted by atomic mass is 32.2. The first kappa shape index (κ1) is 20.5. The molecule has 0 atom stereocenters. The number of fused-ring (bicyclic) bond motifs is 1. The molecular weight excluding hydrogens is 434 g/mol.